The van der Waals surface area contributed by atoms with Crippen LogP contribution in [0.1, 0.15) is 22.9 Å². The fraction of sp³-hybridized carbons (Fsp3) is 0.281. The number of carbonyl (C=O) groups excluding carboxylic acids is 1. The Morgan fingerprint density at radius 3 is 1.94 bits per heavy atom. The summed E-state index contributed by atoms with van der Waals surface area (Å²) in [7, 11) is 3.00. The van der Waals surface area contributed by atoms with Crippen LogP contribution in [0.2, 0.25) is 0 Å². The molecule has 1 aromatic heterocycles. The third-order valence-electron chi connectivity index (χ3n) is 7.80. The third-order valence-corrected chi connectivity index (χ3v) is 7.80. The van der Waals surface area contributed by atoms with Crippen molar-refractivity contribution in [1.29, 1.82) is 0 Å². The minimum Gasteiger partial charge on any atom is -0.497 e. The molecule has 1 saturated heterocycles. The van der Waals surface area contributed by atoms with Gasteiger partial charge in [-0.25, -0.2) is 4.79 Å². The molecule has 1 aliphatic rings. The molecule has 1 aliphatic heterocycles. The van der Waals surface area contributed by atoms with Gasteiger partial charge >= 0.3 is 17.8 Å². The first-order chi connectivity index (χ1) is 22.3. The van der Waals surface area contributed by atoms with Gasteiger partial charge in [-0.3, -0.25) is 19.1 Å². The molecule has 0 spiro atoms. The van der Waals surface area contributed by atoms with Gasteiger partial charge < -0.3 is 34.5 Å². The predicted octanol–water partition coefficient (Wildman–Crippen LogP) is 2.19. The summed E-state index contributed by atoms with van der Waals surface area (Å²) in [5, 5.41) is 24.1. The van der Waals surface area contributed by atoms with Gasteiger partial charge in [0.2, 0.25) is 5.72 Å². The van der Waals surface area contributed by atoms with E-state index in [1.807, 2.05) is 4.98 Å². The lowest BCUT2D eigenvalue weighted by molar-refractivity contribution is -0.192. The van der Waals surface area contributed by atoms with Crippen molar-refractivity contribution >= 4 is 5.91 Å². The van der Waals surface area contributed by atoms with E-state index in [0.717, 1.165) is 12.3 Å². The average molecular weight is 658 g/mol. The molecule has 47 heavy (non-hydrogen) atoms. The van der Waals surface area contributed by atoms with Gasteiger partial charge in [0.05, 0.1) is 20.8 Å². The SMILES string of the molecule is COc1ccc(C(OC[C@H]2O[C@@H](n3ccc(=O)[nH]c3=O)[C@@](O)(NC(=O)C(F)(F)F)[C@@H]2O)(c2ccccc2)c2ccc(OC)cc2)cc1. The van der Waals surface area contributed by atoms with Crippen LogP contribution in [0.5, 0.6) is 11.5 Å². The summed E-state index contributed by atoms with van der Waals surface area (Å²) in [6.07, 6.45) is -10.7. The lowest BCUT2D eigenvalue weighted by atomic mass is 9.80. The summed E-state index contributed by atoms with van der Waals surface area (Å²) in [4.78, 5) is 38.2. The average Bonchev–Trinajstić information content (AvgIpc) is 3.30. The number of halogens is 3. The lowest BCUT2D eigenvalue weighted by Crippen LogP contribution is -2.62. The fourth-order valence-electron chi connectivity index (χ4n) is 5.46. The van der Waals surface area contributed by atoms with E-state index in [4.69, 9.17) is 18.9 Å². The summed E-state index contributed by atoms with van der Waals surface area (Å²) in [6.45, 7) is -0.604. The van der Waals surface area contributed by atoms with Crippen molar-refractivity contribution < 1.29 is 47.1 Å². The molecule has 1 fully saturated rings. The van der Waals surface area contributed by atoms with Crippen LogP contribution < -0.4 is 26.0 Å². The van der Waals surface area contributed by atoms with Gasteiger partial charge in [0.1, 0.15) is 29.3 Å². The van der Waals surface area contributed by atoms with Gasteiger partial charge in [0, 0.05) is 12.3 Å². The van der Waals surface area contributed by atoms with E-state index in [2.05, 4.69) is 0 Å². The first-order valence-corrected chi connectivity index (χ1v) is 14.1. The highest BCUT2D eigenvalue weighted by atomic mass is 19.4. The smallest absolute Gasteiger partial charge is 0.471 e. The molecule has 12 nitrogen and oxygen atoms in total. The molecule has 248 valence electrons. The van der Waals surface area contributed by atoms with E-state index in [-0.39, 0.29) is 0 Å². The van der Waals surface area contributed by atoms with Crippen molar-refractivity contribution in [2.24, 2.45) is 0 Å². The van der Waals surface area contributed by atoms with Crippen molar-refractivity contribution in [2.75, 3.05) is 20.8 Å². The first-order valence-electron chi connectivity index (χ1n) is 14.1. The van der Waals surface area contributed by atoms with Gasteiger partial charge in [0.15, 0.2) is 6.23 Å². The standard InChI is InChI=1S/C32H30F3N3O9/c1-44-22-12-8-20(9-13-22)30(19-6-4-3-5-7-19,21-10-14-23(45-2)15-11-21)46-18-24-26(40)31(43,37-27(41)32(33,34)35)28(47-24)38-17-16-25(39)36-29(38)42/h3-17,24,26,28,40,43H,18H2,1-2H3,(H,37,41)(H,36,39,42)/t24-,26-,28-,31-/m1/s1. The highest BCUT2D eigenvalue weighted by Gasteiger charge is 2.60. The van der Waals surface area contributed by atoms with Crippen molar-refractivity contribution in [3.63, 3.8) is 0 Å². The molecule has 2 heterocycles. The number of nitrogens with one attached hydrogen (secondary N) is 2. The van der Waals surface area contributed by atoms with Gasteiger partial charge in [-0.05, 0) is 41.0 Å². The Bertz CT molecular complexity index is 1760. The Labute approximate surface area is 264 Å². The highest BCUT2D eigenvalue weighted by Crippen LogP contribution is 2.44. The number of alkyl halides is 3. The molecule has 15 heteroatoms. The molecule has 0 unspecified atom stereocenters. The molecule has 4 aromatic rings. The zero-order chi connectivity index (χ0) is 34.0. The minimum atomic E-state index is -5.48. The Hall–Kier alpha value is -4.96. The van der Waals surface area contributed by atoms with Crippen molar-refractivity contribution in [2.45, 2.75) is 35.9 Å². The quantitative estimate of drug-likeness (QED) is 0.148. The largest absolute Gasteiger partial charge is 0.497 e. The first kappa shape index (κ1) is 33.4. The maximum Gasteiger partial charge on any atom is 0.471 e. The molecule has 0 saturated carbocycles. The number of benzene rings is 3. The topological polar surface area (TPSA) is 161 Å². The van der Waals surface area contributed by atoms with E-state index >= 15 is 0 Å². The number of ether oxygens (including phenoxy) is 4. The zero-order valence-electron chi connectivity index (χ0n) is 24.9. The van der Waals surface area contributed by atoms with Crippen LogP contribution in [-0.2, 0) is 19.9 Å². The number of hydrogen-bond donors (Lipinski definition) is 4. The van der Waals surface area contributed by atoms with Crippen LogP contribution in [0.3, 0.4) is 0 Å². The lowest BCUT2D eigenvalue weighted by Gasteiger charge is -2.37. The molecule has 4 atom stereocenters. The summed E-state index contributed by atoms with van der Waals surface area (Å²) in [5.41, 5.74) is -4.99. The number of aliphatic hydroxyl groups excluding tert-OH is 1. The number of hydrogen-bond acceptors (Lipinski definition) is 9. The molecule has 0 bridgehead atoms. The molecule has 5 rings (SSSR count). The summed E-state index contributed by atoms with van der Waals surface area (Å²) < 4.78 is 63.6. The molecule has 1 amide bonds. The van der Waals surface area contributed by atoms with Crippen LogP contribution >= 0.6 is 0 Å². The van der Waals surface area contributed by atoms with Gasteiger partial charge in [-0.1, -0.05) is 54.6 Å². The monoisotopic (exact) mass is 657 g/mol. The fourth-order valence-corrected chi connectivity index (χ4v) is 5.46. The Balaban J connectivity index is 1.61. The molecule has 4 N–H and O–H groups in total. The molecule has 3 aromatic carbocycles. The van der Waals surface area contributed by atoms with Crippen molar-refractivity contribution in [3.05, 3.63) is 129 Å². The second-order valence-corrected chi connectivity index (χ2v) is 10.6. The molecular formula is C32H30F3N3O9. The van der Waals surface area contributed by atoms with E-state index in [9.17, 15) is 37.8 Å². The number of methoxy groups -OCH3 is 2. The summed E-state index contributed by atoms with van der Waals surface area (Å²) in [5.74, 6) is -1.53. The van der Waals surface area contributed by atoms with Crippen LogP contribution in [0.25, 0.3) is 0 Å². The summed E-state index contributed by atoms with van der Waals surface area (Å²) >= 11 is 0. The number of nitrogens with zero attached hydrogens (tertiary/aromatic N) is 1. The number of rotatable bonds is 10. The van der Waals surface area contributed by atoms with Gasteiger partial charge in [-0.15, -0.1) is 0 Å². The zero-order valence-corrected chi connectivity index (χ0v) is 24.9. The molecular weight excluding hydrogens is 627 g/mol. The van der Waals surface area contributed by atoms with Crippen LogP contribution in [0, 0.1) is 0 Å². The second kappa shape index (κ2) is 13.0. The number of carbonyl (C=O) groups is 1. The summed E-state index contributed by atoms with van der Waals surface area (Å²) in [6, 6.07) is 23.5. The minimum absolute atomic E-state index is 0.540. The highest BCUT2D eigenvalue weighted by molar-refractivity contribution is 5.82. The van der Waals surface area contributed by atoms with Crippen LogP contribution in [0.15, 0.2) is 101 Å². The van der Waals surface area contributed by atoms with E-state index < -0.39 is 59.7 Å². The Kier molecular flexibility index (Phi) is 9.27. The van der Waals surface area contributed by atoms with Crippen molar-refractivity contribution in [3.8, 4) is 11.5 Å². The van der Waals surface area contributed by atoms with Crippen molar-refractivity contribution in [1.82, 2.24) is 14.9 Å². The second-order valence-electron chi connectivity index (χ2n) is 10.6. The third kappa shape index (κ3) is 6.38. The maximum atomic E-state index is 13.3. The van der Waals surface area contributed by atoms with E-state index in [1.165, 1.54) is 19.5 Å². The van der Waals surface area contributed by atoms with E-state index in [1.54, 1.807) is 78.9 Å². The van der Waals surface area contributed by atoms with E-state index in [0.29, 0.717) is 32.8 Å². The number of aromatic nitrogens is 2. The van der Waals surface area contributed by atoms with Crippen LogP contribution in [0.4, 0.5) is 13.2 Å². The Morgan fingerprint density at radius 1 is 0.915 bits per heavy atom. The number of H-pyrrole nitrogens is 1. The number of amides is 1. The Morgan fingerprint density at radius 2 is 1.45 bits per heavy atom. The normalized spacial score (nSPS) is 21.3. The number of aliphatic hydroxyl groups is 2. The van der Waals surface area contributed by atoms with Gasteiger partial charge in [0.25, 0.3) is 5.56 Å². The maximum absolute atomic E-state index is 13.3. The predicted molar refractivity (Wildman–Crippen MR) is 159 cm³/mol. The van der Waals surface area contributed by atoms with Gasteiger partial charge in [-0.2, -0.15) is 13.2 Å². The molecule has 0 aliphatic carbocycles. The number of aromatic amines is 1. The molecule has 0 radical (unpaired) electrons. The van der Waals surface area contributed by atoms with Crippen LogP contribution in [-0.4, -0.2) is 70.6 Å².